The first-order chi connectivity index (χ1) is 16.1. The molecule has 0 radical (unpaired) electrons. The Balaban J connectivity index is 1.74. The van der Waals surface area contributed by atoms with E-state index in [1.54, 1.807) is 52.0 Å². The summed E-state index contributed by atoms with van der Waals surface area (Å²) in [6.45, 7) is 7.21. The largest absolute Gasteiger partial charge is 0.458 e. The quantitative estimate of drug-likeness (QED) is 0.545. The van der Waals surface area contributed by atoms with Crippen LogP contribution in [0.15, 0.2) is 60.7 Å². The Morgan fingerprint density at radius 1 is 1.03 bits per heavy atom. The zero-order chi connectivity index (χ0) is 24.9. The molecule has 1 heterocycles. The first kappa shape index (κ1) is 25.5. The molecule has 2 aromatic rings. The number of carbonyl (C=O) groups excluding carboxylic acids is 4. The predicted octanol–water partition coefficient (Wildman–Crippen LogP) is 4.37. The Morgan fingerprint density at radius 2 is 1.62 bits per heavy atom. The minimum absolute atomic E-state index is 0.0528. The molecule has 0 aromatic heterocycles. The van der Waals surface area contributed by atoms with Crippen LogP contribution in [-0.4, -0.2) is 56.8 Å². The summed E-state index contributed by atoms with van der Waals surface area (Å²) in [4.78, 5) is 54.4. The van der Waals surface area contributed by atoms with Crippen LogP contribution in [0.25, 0.3) is 0 Å². The van der Waals surface area contributed by atoms with Crippen molar-refractivity contribution in [1.82, 2.24) is 9.80 Å². The molecule has 2 atom stereocenters. The highest BCUT2D eigenvalue weighted by molar-refractivity contribution is 8.14. The van der Waals surface area contributed by atoms with Gasteiger partial charge in [-0.05, 0) is 26.3 Å². The molecule has 34 heavy (non-hydrogen) atoms. The maximum absolute atomic E-state index is 13.3. The Bertz CT molecular complexity index is 1040. The van der Waals surface area contributed by atoms with Gasteiger partial charge in [-0.3, -0.25) is 9.59 Å². The summed E-state index contributed by atoms with van der Waals surface area (Å²) in [6, 6.07) is 16.6. The average Bonchev–Trinajstić information content (AvgIpc) is 3.13. The van der Waals surface area contributed by atoms with E-state index in [1.807, 2.05) is 36.4 Å². The third-order valence-electron chi connectivity index (χ3n) is 5.21. The minimum atomic E-state index is -1.04. The van der Waals surface area contributed by atoms with Crippen molar-refractivity contribution >= 4 is 34.8 Å². The van der Waals surface area contributed by atoms with Crippen LogP contribution in [0.2, 0.25) is 0 Å². The van der Waals surface area contributed by atoms with Gasteiger partial charge >= 0.3 is 12.0 Å². The number of imide groups is 1. The first-order valence-corrected chi connectivity index (χ1v) is 12.2. The second-order valence-electron chi connectivity index (χ2n) is 9.27. The summed E-state index contributed by atoms with van der Waals surface area (Å²) in [6.07, 6.45) is 0. The fourth-order valence-electron chi connectivity index (χ4n) is 3.55. The van der Waals surface area contributed by atoms with Crippen molar-refractivity contribution < 1.29 is 23.9 Å². The molecule has 7 nitrogen and oxygen atoms in total. The van der Waals surface area contributed by atoms with E-state index < -0.39 is 35.5 Å². The van der Waals surface area contributed by atoms with Gasteiger partial charge in [0.25, 0.3) is 0 Å². The maximum Gasteiger partial charge on any atom is 0.331 e. The van der Waals surface area contributed by atoms with Gasteiger partial charge in [-0.25, -0.2) is 14.5 Å². The highest BCUT2D eigenvalue weighted by Gasteiger charge is 2.47. The van der Waals surface area contributed by atoms with E-state index in [0.29, 0.717) is 5.56 Å². The number of hydrogen-bond donors (Lipinski definition) is 0. The molecular weight excluding hydrogens is 452 g/mol. The van der Waals surface area contributed by atoms with Gasteiger partial charge in [0.05, 0.1) is 6.54 Å². The van der Waals surface area contributed by atoms with Gasteiger partial charge in [0.1, 0.15) is 5.60 Å². The normalized spacial score (nSPS) is 16.9. The number of ether oxygens (including phenoxy) is 1. The number of urea groups is 1. The zero-order valence-electron chi connectivity index (χ0n) is 19.9. The van der Waals surface area contributed by atoms with E-state index >= 15 is 0 Å². The van der Waals surface area contributed by atoms with Crippen LogP contribution in [0.3, 0.4) is 0 Å². The summed E-state index contributed by atoms with van der Waals surface area (Å²) in [5, 5.41) is -0.151. The van der Waals surface area contributed by atoms with Gasteiger partial charge in [-0.1, -0.05) is 79.3 Å². The van der Waals surface area contributed by atoms with Gasteiger partial charge < -0.3 is 9.64 Å². The summed E-state index contributed by atoms with van der Waals surface area (Å²) in [7, 11) is 0. The number of amides is 3. The van der Waals surface area contributed by atoms with E-state index in [4.69, 9.17) is 4.74 Å². The molecule has 3 rings (SSSR count). The molecule has 0 unspecified atom stereocenters. The van der Waals surface area contributed by atoms with Gasteiger partial charge in [0, 0.05) is 23.8 Å². The Hall–Kier alpha value is -3.13. The smallest absolute Gasteiger partial charge is 0.331 e. The third-order valence-corrected chi connectivity index (χ3v) is 6.37. The SMILES string of the molecule is C[C@H](CSC(=O)c1ccccc1)C(=O)N1C(=O)N(Cc2ccccc2)C[C@H]1C(=O)OC(C)(C)C. The van der Waals surface area contributed by atoms with Crippen LogP contribution in [-0.2, 0) is 20.9 Å². The summed E-state index contributed by atoms with van der Waals surface area (Å²) >= 11 is 1.02. The van der Waals surface area contributed by atoms with Crippen molar-refractivity contribution in [3.63, 3.8) is 0 Å². The Kier molecular flexibility index (Phi) is 8.15. The zero-order valence-corrected chi connectivity index (χ0v) is 20.7. The lowest BCUT2D eigenvalue weighted by Gasteiger charge is -2.26. The summed E-state index contributed by atoms with van der Waals surface area (Å²) < 4.78 is 5.51. The summed E-state index contributed by atoms with van der Waals surface area (Å²) in [5.41, 5.74) is 0.681. The molecule has 0 bridgehead atoms. The van der Waals surface area contributed by atoms with Crippen molar-refractivity contribution in [2.75, 3.05) is 12.3 Å². The second-order valence-corrected chi connectivity index (χ2v) is 10.3. The molecular formula is C26H30N2O5S. The molecule has 1 fully saturated rings. The van der Waals surface area contributed by atoms with Crippen LogP contribution in [0, 0.1) is 5.92 Å². The van der Waals surface area contributed by atoms with Crippen molar-refractivity contribution in [1.29, 1.82) is 0 Å². The topological polar surface area (TPSA) is 84.0 Å². The van der Waals surface area contributed by atoms with E-state index in [-0.39, 0.29) is 24.0 Å². The molecule has 180 valence electrons. The highest BCUT2D eigenvalue weighted by Crippen LogP contribution is 2.25. The summed E-state index contributed by atoms with van der Waals surface area (Å²) in [5.74, 6) is -1.58. The van der Waals surface area contributed by atoms with Crippen LogP contribution in [0.4, 0.5) is 4.79 Å². The lowest BCUT2D eigenvalue weighted by Crippen LogP contribution is -2.48. The number of carbonyl (C=O) groups is 4. The van der Waals surface area contributed by atoms with Crippen LogP contribution in [0.1, 0.15) is 43.6 Å². The molecule has 0 spiro atoms. The maximum atomic E-state index is 13.3. The molecule has 1 saturated heterocycles. The predicted molar refractivity (Wildman–Crippen MR) is 131 cm³/mol. The standard InChI is InChI=1S/C26H30N2O5S/c1-18(17-34-24(31)20-13-9-6-10-14-20)22(29)28-21(23(30)33-26(2,3)4)16-27(25(28)32)15-19-11-7-5-8-12-19/h5-14,18,21H,15-17H2,1-4H3/t18-,21+/m1/s1. The number of nitrogens with zero attached hydrogens (tertiary/aromatic N) is 2. The lowest BCUT2D eigenvalue weighted by molar-refractivity contribution is -0.162. The van der Waals surface area contributed by atoms with Crippen LogP contribution < -0.4 is 0 Å². The highest BCUT2D eigenvalue weighted by atomic mass is 32.2. The van der Waals surface area contributed by atoms with E-state index in [1.165, 1.54) is 4.90 Å². The van der Waals surface area contributed by atoms with Gasteiger partial charge in [0.15, 0.2) is 6.04 Å². The van der Waals surface area contributed by atoms with Crippen molar-refractivity contribution in [2.24, 2.45) is 5.92 Å². The van der Waals surface area contributed by atoms with Crippen molar-refractivity contribution in [2.45, 2.75) is 45.9 Å². The molecule has 0 aliphatic carbocycles. The fourth-order valence-corrected chi connectivity index (χ4v) is 4.40. The van der Waals surface area contributed by atoms with Crippen LogP contribution >= 0.6 is 11.8 Å². The molecule has 1 aliphatic heterocycles. The molecule has 0 saturated carbocycles. The number of benzene rings is 2. The average molecular weight is 483 g/mol. The van der Waals surface area contributed by atoms with Gasteiger partial charge in [-0.2, -0.15) is 0 Å². The third kappa shape index (κ3) is 6.47. The van der Waals surface area contributed by atoms with E-state index in [2.05, 4.69) is 0 Å². The Labute approximate surface area is 204 Å². The van der Waals surface area contributed by atoms with Gasteiger partial charge in [0.2, 0.25) is 11.0 Å². The molecule has 0 N–H and O–H groups in total. The minimum Gasteiger partial charge on any atom is -0.458 e. The molecule has 8 heteroatoms. The van der Waals surface area contributed by atoms with Crippen molar-refractivity contribution in [3.8, 4) is 0 Å². The molecule has 3 amide bonds. The number of esters is 1. The number of hydrogen-bond acceptors (Lipinski definition) is 6. The first-order valence-electron chi connectivity index (χ1n) is 11.2. The molecule has 2 aromatic carbocycles. The van der Waals surface area contributed by atoms with Crippen LogP contribution in [0.5, 0.6) is 0 Å². The fraction of sp³-hybridized carbons (Fsp3) is 0.385. The van der Waals surface area contributed by atoms with Gasteiger partial charge in [-0.15, -0.1) is 0 Å². The van der Waals surface area contributed by atoms with E-state index in [0.717, 1.165) is 22.2 Å². The monoisotopic (exact) mass is 482 g/mol. The molecule has 1 aliphatic rings. The number of rotatable bonds is 7. The lowest BCUT2D eigenvalue weighted by atomic mass is 10.1. The number of thioether (sulfide) groups is 1. The Morgan fingerprint density at radius 3 is 2.21 bits per heavy atom. The van der Waals surface area contributed by atoms with Crippen molar-refractivity contribution in [3.05, 3.63) is 71.8 Å². The second kappa shape index (κ2) is 10.9. The van der Waals surface area contributed by atoms with E-state index in [9.17, 15) is 19.2 Å².